The fraction of sp³-hybridized carbons (Fsp3) is 0.389. The first kappa shape index (κ1) is 14.5. The van der Waals surface area contributed by atoms with Crippen LogP contribution in [0.15, 0.2) is 30.5 Å². The van der Waals surface area contributed by atoms with Crippen molar-refractivity contribution in [3.8, 4) is 0 Å². The molecule has 0 radical (unpaired) electrons. The number of aliphatic hydroxyl groups is 1. The van der Waals surface area contributed by atoms with Crippen molar-refractivity contribution in [2.75, 3.05) is 13.6 Å². The van der Waals surface area contributed by atoms with Crippen molar-refractivity contribution in [3.63, 3.8) is 0 Å². The van der Waals surface area contributed by atoms with Gasteiger partial charge in [0.05, 0.1) is 5.92 Å². The average Bonchev–Trinajstić information content (AvgIpc) is 2.92. The highest BCUT2D eigenvalue weighted by atomic mass is 16.3. The standard InChI is InChI=1S/C18H21N3O2/c1-10(22)20-18(23)12-6-14-13-4-3-5-15-17(13)11(8-19-15)7-16(14)21(2)9-12/h3-6,8,10,12,16,19,22H,7,9H2,1-2H3,(H,20,23)/t10?,12-,16+/m0/s1. The minimum Gasteiger partial charge on any atom is -0.374 e. The first-order valence-electron chi connectivity index (χ1n) is 8.04. The van der Waals surface area contributed by atoms with Gasteiger partial charge in [-0.3, -0.25) is 9.69 Å². The van der Waals surface area contributed by atoms with E-state index >= 15 is 0 Å². The zero-order chi connectivity index (χ0) is 16.1. The number of benzene rings is 1. The van der Waals surface area contributed by atoms with Crippen LogP contribution >= 0.6 is 0 Å². The summed E-state index contributed by atoms with van der Waals surface area (Å²) < 4.78 is 0. The van der Waals surface area contributed by atoms with E-state index in [1.165, 1.54) is 22.1 Å². The van der Waals surface area contributed by atoms with E-state index in [-0.39, 0.29) is 11.8 Å². The van der Waals surface area contributed by atoms with Gasteiger partial charge in [-0.05, 0) is 43.2 Å². The van der Waals surface area contributed by atoms with Crippen LogP contribution in [-0.4, -0.2) is 46.8 Å². The molecule has 1 amide bonds. The molecule has 2 heterocycles. The highest BCUT2D eigenvalue weighted by Gasteiger charge is 2.35. The highest BCUT2D eigenvalue weighted by Crippen LogP contribution is 2.40. The molecule has 1 aliphatic carbocycles. The summed E-state index contributed by atoms with van der Waals surface area (Å²) in [5.74, 6) is -0.360. The number of aromatic amines is 1. The molecular weight excluding hydrogens is 290 g/mol. The molecular formula is C18H21N3O2. The van der Waals surface area contributed by atoms with Gasteiger partial charge in [0, 0.05) is 29.7 Å². The molecule has 0 saturated carbocycles. The molecule has 0 spiro atoms. The lowest BCUT2D eigenvalue weighted by molar-refractivity contribution is -0.127. The molecule has 0 bridgehead atoms. The number of H-pyrrole nitrogens is 1. The molecule has 1 aromatic heterocycles. The summed E-state index contributed by atoms with van der Waals surface area (Å²) >= 11 is 0. The van der Waals surface area contributed by atoms with E-state index in [0.29, 0.717) is 12.6 Å². The van der Waals surface area contributed by atoms with E-state index in [9.17, 15) is 9.90 Å². The van der Waals surface area contributed by atoms with Crippen molar-refractivity contribution < 1.29 is 9.90 Å². The Labute approximate surface area is 135 Å². The molecule has 1 aliphatic heterocycles. The third-order valence-electron chi connectivity index (χ3n) is 4.96. The number of carbonyl (C=O) groups excluding carboxylic acids is 1. The average molecular weight is 311 g/mol. The first-order chi connectivity index (χ1) is 11.0. The number of amides is 1. The molecule has 2 aliphatic rings. The number of rotatable bonds is 2. The van der Waals surface area contributed by atoms with Crippen LogP contribution in [0.3, 0.4) is 0 Å². The van der Waals surface area contributed by atoms with Crippen molar-refractivity contribution >= 4 is 22.4 Å². The van der Waals surface area contributed by atoms with Crippen LogP contribution in [-0.2, 0) is 11.2 Å². The van der Waals surface area contributed by atoms with E-state index in [4.69, 9.17) is 0 Å². The van der Waals surface area contributed by atoms with E-state index in [1.54, 1.807) is 6.92 Å². The van der Waals surface area contributed by atoms with Gasteiger partial charge in [0.2, 0.25) is 5.91 Å². The minimum atomic E-state index is -0.824. The Morgan fingerprint density at radius 3 is 3.09 bits per heavy atom. The van der Waals surface area contributed by atoms with Crippen molar-refractivity contribution in [3.05, 3.63) is 41.6 Å². The molecule has 2 aromatic rings. The van der Waals surface area contributed by atoms with E-state index in [2.05, 4.69) is 52.7 Å². The second kappa shape index (κ2) is 5.22. The van der Waals surface area contributed by atoms with Gasteiger partial charge >= 0.3 is 0 Å². The summed E-state index contributed by atoms with van der Waals surface area (Å²) in [5, 5.41) is 13.3. The summed E-state index contributed by atoms with van der Waals surface area (Å²) in [6.07, 6.45) is 4.33. The SMILES string of the molecule is CC(O)NC(=O)[C@H]1C=C2c3cccc4[nH]cc(c34)C[C@H]2N(C)C1. The Kier molecular flexibility index (Phi) is 3.28. The number of aliphatic hydroxyl groups excluding tert-OH is 1. The summed E-state index contributed by atoms with van der Waals surface area (Å²) in [7, 11) is 2.07. The Morgan fingerprint density at radius 2 is 2.30 bits per heavy atom. The lowest BCUT2D eigenvalue weighted by Crippen LogP contribution is -2.47. The normalized spacial score (nSPS) is 24.9. The van der Waals surface area contributed by atoms with Gasteiger partial charge in [-0.1, -0.05) is 18.2 Å². The van der Waals surface area contributed by atoms with E-state index in [0.717, 1.165) is 11.9 Å². The summed E-state index contributed by atoms with van der Waals surface area (Å²) in [5.41, 5.74) is 4.94. The Balaban J connectivity index is 1.80. The van der Waals surface area contributed by atoms with E-state index in [1.807, 2.05) is 0 Å². The highest BCUT2D eigenvalue weighted by molar-refractivity contribution is 5.99. The first-order valence-corrected chi connectivity index (χ1v) is 8.04. The van der Waals surface area contributed by atoms with Crippen molar-refractivity contribution in [2.45, 2.75) is 25.6 Å². The number of likely N-dealkylation sites (N-methyl/N-ethyl adjacent to an activating group) is 1. The fourth-order valence-electron chi connectivity index (χ4n) is 3.93. The second-order valence-electron chi connectivity index (χ2n) is 6.61. The van der Waals surface area contributed by atoms with Crippen LogP contribution in [0.2, 0.25) is 0 Å². The van der Waals surface area contributed by atoms with Gasteiger partial charge < -0.3 is 15.4 Å². The molecule has 1 unspecified atom stereocenters. The molecule has 5 nitrogen and oxygen atoms in total. The largest absolute Gasteiger partial charge is 0.374 e. The number of carbonyl (C=O) groups is 1. The molecule has 0 fully saturated rings. The van der Waals surface area contributed by atoms with Crippen LogP contribution in [0.1, 0.15) is 18.1 Å². The maximum atomic E-state index is 12.3. The van der Waals surface area contributed by atoms with Crippen molar-refractivity contribution in [1.29, 1.82) is 0 Å². The molecule has 3 atom stereocenters. The second-order valence-corrected chi connectivity index (χ2v) is 6.61. The Bertz CT molecular complexity index is 806. The van der Waals surface area contributed by atoms with Gasteiger partial charge in [-0.15, -0.1) is 0 Å². The molecule has 120 valence electrons. The number of fused-ring (bicyclic) bond motifs is 2. The smallest absolute Gasteiger partial charge is 0.230 e. The van der Waals surface area contributed by atoms with Crippen LogP contribution < -0.4 is 5.32 Å². The third kappa shape index (κ3) is 2.28. The van der Waals surface area contributed by atoms with Crippen molar-refractivity contribution in [1.82, 2.24) is 15.2 Å². The maximum absolute atomic E-state index is 12.3. The quantitative estimate of drug-likeness (QED) is 0.736. The molecule has 1 aromatic carbocycles. The predicted octanol–water partition coefficient (Wildman–Crippen LogP) is 1.49. The van der Waals surface area contributed by atoms with Crippen LogP contribution in [0, 0.1) is 5.92 Å². The molecule has 5 heteroatoms. The zero-order valence-corrected chi connectivity index (χ0v) is 13.3. The molecule has 4 rings (SSSR count). The topological polar surface area (TPSA) is 68.4 Å². The number of nitrogens with zero attached hydrogens (tertiary/aromatic N) is 1. The molecule has 3 N–H and O–H groups in total. The maximum Gasteiger partial charge on any atom is 0.230 e. The van der Waals surface area contributed by atoms with Crippen LogP contribution in [0.4, 0.5) is 0 Å². The predicted molar refractivity (Wildman–Crippen MR) is 89.7 cm³/mol. The molecule has 23 heavy (non-hydrogen) atoms. The Morgan fingerprint density at radius 1 is 1.48 bits per heavy atom. The lowest BCUT2D eigenvalue weighted by atomic mass is 9.80. The van der Waals surface area contributed by atoms with E-state index < -0.39 is 6.23 Å². The summed E-state index contributed by atoms with van der Waals surface area (Å²) in [6.45, 7) is 2.23. The van der Waals surface area contributed by atoms with Crippen molar-refractivity contribution in [2.24, 2.45) is 5.92 Å². The van der Waals surface area contributed by atoms with Gasteiger partial charge in [0.15, 0.2) is 0 Å². The van der Waals surface area contributed by atoms with Gasteiger partial charge in [0.1, 0.15) is 6.23 Å². The van der Waals surface area contributed by atoms with Crippen LogP contribution in [0.5, 0.6) is 0 Å². The minimum absolute atomic E-state index is 0.121. The van der Waals surface area contributed by atoms with Gasteiger partial charge in [-0.2, -0.15) is 0 Å². The number of hydrogen-bond donors (Lipinski definition) is 3. The number of nitrogens with one attached hydrogen (secondary N) is 2. The third-order valence-corrected chi connectivity index (χ3v) is 4.96. The number of aromatic nitrogens is 1. The summed E-state index contributed by atoms with van der Waals surface area (Å²) in [4.78, 5) is 17.9. The van der Waals surface area contributed by atoms with Gasteiger partial charge in [-0.25, -0.2) is 0 Å². The number of hydrogen-bond acceptors (Lipinski definition) is 3. The monoisotopic (exact) mass is 311 g/mol. The van der Waals surface area contributed by atoms with Crippen LogP contribution in [0.25, 0.3) is 16.5 Å². The Hall–Kier alpha value is -2.11. The zero-order valence-electron chi connectivity index (χ0n) is 13.3. The fourth-order valence-corrected chi connectivity index (χ4v) is 3.93. The molecule has 0 saturated heterocycles. The summed E-state index contributed by atoms with van der Waals surface area (Å²) in [6, 6.07) is 6.59. The van der Waals surface area contributed by atoms with Gasteiger partial charge in [0.25, 0.3) is 0 Å². The lowest BCUT2D eigenvalue weighted by Gasteiger charge is -2.39.